The van der Waals surface area contributed by atoms with E-state index in [2.05, 4.69) is 20.2 Å². The van der Waals surface area contributed by atoms with E-state index in [-0.39, 0.29) is 11.5 Å². The van der Waals surface area contributed by atoms with Crippen LogP contribution in [0, 0.1) is 6.92 Å². The van der Waals surface area contributed by atoms with Crippen LogP contribution in [0.2, 0.25) is 0 Å². The molecule has 0 aliphatic rings. The second-order valence-electron chi connectivity index (χ2n) is 7.34. The van der Waals surface area contributed by atoms with E-state index in [1.165, 1.54) is 5.56 Å². The van der Waals surface area contributed by atoms with Crippen molar-refractivity contribution in [2.24, 2.45) is 0 Å². The van der Waals surface area contributed by atoms with Gasteiger partial charge in [-0.25, -0.2) is 0 Å². The molecule has 0 atom stereocenters. The van der Waals surface area contributed by atoms with Crippen molar-refractivity contribution in [3.05, 3.63) is 75.7 Å². The average molecular weight is 374 g/mol. The molecule has 2 aromatic carbocycles. The van der Waals surface area contributed by atoms with Gasteiger partial charge in [-0.05, 0) is 62.5 Å². The largest absolute Gasteiger partial charge is 0.361 e. The monoisotopic (exact) mass is 374 g/mol. The van der Waals surface area contributed by atoms with Crippen molar-refractivity contribution in [1.82, 2.24) is 14.9 Å². The van der Waals surface area contributed by atoms with Gasteiger partial charge in [0.15, 0.2) is 0 Å². The summed E-state index contributed by atoms with van der Waals surface area (Å²) in [5.74, 6) is -0.174. The summed E-state index contributed by atoms with van der Waals surface area (Å²) in [5.41, 5.74) is 4.91. The van der Waals surface area contributed by atoms with Gasteiger partial charge in [0.25, 0.3) is 5.91 Å². The molecule has 0 aliphatic heterocycles. The zero-order valence-corrected chi connectivity index (χ0v) is 16.1. The number of pyridine rings is 1. The minimum absolute atomic E-state index is 0.130. The number of nitrogens with zero attached hydrogens (tertiary/aromatic N) is 1. The number of fused-ring (bicyclic) bond motifs is 2. The van der Waals surface area contributed by atoms with E-state index in [1.54, 1.807) is 18.2 Å². The SMILES string of the molecule is Cc1cc(=O)[nH]c2ccc(NC(=O)c3ccc4c(CN(C)C)c[nH]c4c3)cc12. The first-order valence-electron chi connectivity index (χ1n) is 9.10. The Bertz CT molecular complexity index is 1250. The van der Waals surface area contributed by atoms with Gasteiger partial charge >= 0.3 is 0 Å². The minimum atomic E-state index is -0.174. The number of hydrogen-bond donors (Lipinski definition) is 3. The van der Waals surface area contributed by atoms with Crippen molar-refractivity contribution in [2.75, 3.05) is 19.4 Å². The fraction of sp³-hybridized carbons (Fsp3) is 0.182. The van der Waals surface area contributed by atoms with Gasteiger partial charge in [0.2, 0.25) is 5.56 Å². The maximum absolute atomic E-state index is 12.7. The molecule has 3 N–H and O–H groups in total. The van der Waals surface area contributed by atoms with Gasteiger partial charge in [0, 0.05) is 51.9 Å². The molecule has 4 aromatic rings. The summed E-state index contributed by atoms with van der Waals surface area (Å²) in [5, 5.41) is 4.97. The van der Waals surface area contributed by atoms with Crippen LogP contribution >= 0.6 is 0 Å². The lowest BCUT2D eigenvalue weighted by Crippen LogP contribution is -2.12. The zero-order valence-electron chi connectivity index (χ0n) is 16.1. The Morgan fingerprint density at radius 2 is 1.86 bits per heavy atom. The van der Waals surface area contributed by atoms with Gasteiger partial charge in [-0.2, -0.15) is 0 Å². The highest BCUT2D eigenvalue weighted by Crippen LogP contribution is 2.23. The van der Waals surface area contributed by atoms with Crippen LogP contribution in [-0.2, 0) is 6.54 Å². The molecule has 0 saturated heterocycles. The van der Waals surface area contributed by atoms with E-state index in [0.717, 1.165) is 33.9 Å². The number of aryl methyl sites for hydroxylation is 1. The molecule has 0 aliphatic carbocycles. The maximum atomic E-state index is 12.7. The van der Waals surface area contributed by atoms with Gasteiger partial charge < -0.3 is 20.2 Å². The molecular weight excluding hydrogens is 352 g/mol. The first-order chi connectivity index (χ1) is 13.4. The number of aromatic nitrogens is 2. The van der Waals surface area contributed by atoms with Crippen molar-refractivity contribution in [3.63, 3.8) is 0 Å². The number of carbonyl (C=O) groups excluding carboxylic acids is 1. The Balaban J connectivity index is 1.61. The quantitative estimate of drug-likeness (QED) is 0.510. The number of hydrogen-bond acceptors (Lipinski definition) is 3. The Morgan fingerprint density at radius 1 is 1.04 bits per heavy atom. The number of aromatic amines is 2. The van der Waals surface area contributed by atoms with Crippen LogP contribution in [0.25, 0.3) is 21.8 Å². The molecule has 1 amide bonds. The van der Waals surface area contributed by atoms with E-state index in [1.807, 2.05) is 51.5 Å². The van der Waals surface area contributed by atoms with Crippen LogP contribution in [0.4, 0.5) is 5.69 Å². The smallest absolute Gasteiger partial charge is 0.255 e. The Hall–Kier alpha value is -3.38. The van der Waals surface area contributed by atoms with Crippen LogP contribution in [0.1, 0.15) is 21.5 Å². The van der Waals surface area contributed by atoms with Crippen molar-refractivity contribution >= 4 is 33.4 Å². The number of carbonyl (C=O) groups is 1. The highest BCUT2D eigenvalue weighted by molar-refractivity contribution is 6.07. The molecule has 28 heavy (non-hydrogen) atoms. The summed E-state index contributed by atoms with van der Waals surface area (Å²) < 4.78 is 0. The lowest BCUT2D eigenvalue weighted by Gasteiger charge is -2.09. The third-order valence-electron chi connectivity index (χ3n) is 4.82. The summed E-state index contributed by atoms with van der Waals surface area (Å²) in [7, 11) is 4.06. The highest BCUT2D eigenvalue weighted by Gasteiger charge is 2.11. The number of anilines is 1. The molecule has 2 aromatic heterocycles. The summed E-state index contributed by atoms with van der Waals surface area (Å²) in [6.07, 6.45) is 1.99. The lowest BCUT2D eigenvalue weighted by molar-refractivity contribution is 0.102. The number of nitrogens with one attached hydrogen (secondary N) is 3. The molecule has 6 nitrogen and oxygen atoms in total. The van der Waals surface area contributed by atoms with Gasteiger partial charge in [-0.15, -0.1) is 0 Å². The van der Waals surface area contributed by atoms with Crippen LogP contribution in [0.3, 0.4) is 0 Å². The maximum Gasteiger partial charge on any atom is 0.255 e. The summed E-state index contributed by atoms with van der Waals surface area (Å²) in [6.45, 7) is 2.72. The molecule has 0 radical (unpaired) electrons. The lowest BCUT2D eigenvalue weighted by atomic mass is 10.1. The first kappa shape index (κ1) is 18.0. The number of benzene rings is 2. The van der Waals surface area contributed by atoms with Crippen molar-refractivity contribution < 1.29 is 4.79 Å². The van der Waals surface area contributed by atoms with Crippen molar-refractivity contribution in [1.29, 1.82) is 0 Å². The van der Waals surface area contributed by atoms with Crippen LogP contribution in [0.5, 0.6) is 0 Å². The summed E-state index contributed by atoms with van der Waals surface area (Å²) in [6, 6.07) is 12.7. The molecule has 6 heteroatoms. The third kappa shape index (κ3) is 3.42. The zero-order chi connectivity index (χ0) is 19.8. The number of rotatable bonds is 4. The molecule has 2 heterocycles. The first-order valence-corrected chi connectivity index (χ1v) is 9.10. The molecule has 142 valence electrons. The van der Waals surface area contributed by atoms with Gasteiger partial charge in [-0.1, -0.05) is 6.07 Å². The fourth-order valence-electron chi connectivity index (χ4n) is 3.50. The van der Waals surface area contributed by atoms with Gasteiger partial charge in [0.05, 0.1) is 0 Å². The molecule has 0 unspecified atom stereocenters. The van der Waals surface area contributed by atoms with Gasteiger partial charge in [0.1, 0.15) is 0 Å². The minimum Gasteiger partial charge on any atom is -0.361 e. The van der Waals surface area contributed by atoms with Crippen molar-refractivity contribution in [3.8, 4) is 0 Å². The van der Waals surface area contributed by atoms with E-state index >= 15 is 0 Å². The van der Waals surface area contributed by atoms with Crippen LogP contribution in [-0.4, -0.2) is 34.9 Å². The molecule has 4 rings (SSSR count). The van der Waals surface area contributed by atoms with Gasteiger partial charge in [-0.3, -0.25) is 9.59 Å². The van der Waals surface area contributed by atoms with E-state index in [4.69, 9.17) is 0 Å². The topological polar surface area (TPSA) is 81.0 Å². The summed E-state index contributed by atoms with van der Waals surface area (Å²) >= 11 is 0. The predicted octanol–water partition coefficient (Wildman–Crippen LogP) is 3.63. The third-order valence-corrected chi connectivity index (χ3v) is 4.82. The highest BCUT2D eigenvalue weighted by atomic mass is 16.1. The van der Waals surface area contributed by atoms with E-state index in [9.17, 15) is 9.59 Å². The Morgan fingerprint density at radius 3 is 2.64 bits per heavy atom. The van der Waals surface area contributed by atoms with Crippen molar-refractivity contribution in [2.45, 2.75) is 13.5 Å². The average Bonchev–Trinajstić information content (AvgIpc) is 3.03. The van der Waals surface area contributed by atoms with Crippen LogP contribution < -0.4 is 10.9 Å². The van der Waals surface area contributed by atoms with E-state index in [0.29, 0.717) is 11.3 Å². The van der Waals surface area contributed by atoms with E-state index < -0.39 is 0 Å². The summed E-state index contributed by atoms with van der Waals surface area (Å²) in [4.78, 5) is 32.5. The molecule has 0 spiro atoms. The normalized spacial score (nSPS) is 11.4. The fourth-order valence-corrected chi connectivity index (χ4v) is 3.50. The molecule has 0 fully saturated rings. The second-order valence-corrected chi connectivity index (χ2v) is 7.34. The predicted molar refractivity (Wildman–Crippen MR) is 113 cm³/mol. The van der Waals surface area contributed by atoms with Crippen LogP contribution in [0.15, 0.2) is 53.5 Å². The molecule has 0 saturated carbocycles. The Kier molecular flexibility index (Phi) is 4.49. The Labute approximate surface area is 162 Å². The molecular formula is C22H22N4O2. The standard InChI is InChI=1S/C22H22N4O2/c1-13-8-21(27)25-19-7-5-16(10-18(13)19)24-22(28)14-4-6-17-15(12-26(2)3)11-23-20(17)9-14/h4-11,23H,12H2,1-3H3,(H,24,28)(H,25,27). The molecule has 0 bridgehead atoms. The number of amides is 1. The second kappa shape index (κ2) is 6.98. The number of H-pyrrole nitrogens is 2.